The summed E-state index contributed by atoms with van der Waals surface area (Å²) in [5, 5.41) is 2.93. The molecule has 0 aromatic carbocycles. The van der Waals surface area contributed by atoms with Gasteiger partial charge in [0.2, 0.25) is 5.91 Å². The molecule has 0 spiro atoms. The van der Waals surface area contributed by atoms with Crippen LogP contribution in [0, 0.1) is 5.92 Å². The third-order valence-electron chi connectivity index (χ3n) is 2.48. The number of nitrogens with one attached hydrogen (secondary N) is 1. The lowest BCUT2D eigenvalue weighted by atomic mass is 9.95. The van der Waals surface area contributed by atoms with E-state index in [0.29, 0.717) is 0 Å². The Balaban J connectivity index is 3.14. The molecule has 1 heterocycles. The molecule has 0 aliphatic carbocycles. The van der Waals surface area contributed by atoms with Crippen LogP contribution in [0.25, 0.3) is 0 Å². The van der Waals surface area contributed by atoms with E-state index in [9.17, 15) is 4.79 Å². The van der Waals surface area contributed by atoms with E-state index in [1.165, 1.54) is 0 Å². The van der Waals surface area contributed by atoms with E-state index >= 15 is 0 Å². The second-order valence-electron chi connectivity index (χ2n) is 3.93. The highest BCUT2D eigenvalue weighted by molar-refractivity contribution is 14.1. The monoisotopic (exact) mass is 332 g/mol. The summed E-state index contributed by atoms with van der Waals surface area (Å²) in [5.74, 6) is 0.0950. The van der Waals surface area contributed by atoms with Gasteiger partial charge < -0.3 is 10.2 Å². The third-order valence-corrected chi connectivity index (χ3v) is 3.77. The molecule has 88 valence electrons. The fourth-order valence-electron chi connectivity index (χ4n) is 1.76. The number of carbonyl (C=O) groups is 1. The standard InChI is InChI=1S/C12H17IN2O/c1-5-9(13)11-8(7-15(3)4)12(16)14-10(11)6-2/h5-7,10-11H,2H2,1,3-4H3,(H,14,16)/b8-7-,9-5+. The van der Waals surface area contributed by atoms with E-state index in [-0.39, 0.29) is 17.9 Å². The lowest BCUT2D eigenvalue weighted by Crippen LogP contribution is -2.26. The SMILES string of the molecule is C=CC1NC(=O)/C(=C\N(C)C)C1/C(I)=C\C. The molecule has 0 saturated carbocycles. The molecule has 1 aliphatic rings. The molecule has 2 atom stereocenters. The van der Waals surface area contributed by atoms with Gasteiger partial charge in [0, 0.05) is 31.8 Å². The van der Waals surface area contributed by atoms with Gasteiger partial charge in [-0.1, -0.05) is 12.2 Å². The summed E-state index contributed by atoms with van der Waals surface area (Å²) in [5.41, 5.74) is 0.803. The predicted molar refractivity (Wildman–Crippen MR) is 75.2 cm³/mol. The quantitative estimate of drug-likeness (QED) is 0.488. The van der Waals surface area contributed by atoms with Crippen molar-refractivity contribution < 1.29 is 4.79 Å². The Morgan fingerprint density at radius 2 is 2.19 bits per heavy atom. The Bertz CT molecular complexity index is 358. The van der Waals surface area contributed by atoms with Gasteiger partial charge in [0.25, 0.3) is 0 Å². The van der Waals surface area contributed by atoms with Crippen LogP contribution in [0.15, 0.2) is 34.1 Å². The molecule has 0 aromatic rings. The van der Waals surface area contributed by atoms with Crippen molar-refractivity contribution in [2.75, 3.05) is 14.1 Å². The van der Waals surface area contributed by atoms with Crippen molar-refractivity contribution in [2.45, 2.75) is 13.0 Å². The summed E-state index contributed by atoms with van der Waals surface area (Å²) < 4.78 is 1.16. The molecule has 1 N–H and O–H groups in total. The first-order chi connectivity index (χ1) is 7.51. The molecular weight excluding hydrogens is 315 g/mol. The average Bonchev–Trinajstić information content (AvgIpc) is 2.54. The van der Waals surface area contributed by atoms with Crippen LogP contribution in [0.4, 0.5) is 0 Å². The maximum atomic E-state index is 11.8. The number of hydrogen-bond acceptors (Lipinski definition) is 2. The number of halogens is 1. The number of hydrogen-bond donors (Lipinski definition) is 1. The fraction of sp³-hybridized carbons (Fsp3) is 0.417. The molecule has 2 unspecified atom stereocenters. The average molecular weight is 332 g/mol. The topological polar surface area (TPSA) is 32.3 Å². The number of nitrogens with zero attached hydrogens (tertiary/aromatic N) is 1. The number of allylic oxidation sites excluding steroid dienone is 1. The number of amides is 1. The number of carbonyl (C=O) groups excluding carboxylic acids is 1. The van der Waals surface area contributed by atoms with Gasteiger partial charge in [-0.15, -0.1) is 6.58 Å². The van der Waals surface area contributed by atoms with Crippen molar-refractivity contribution in [3.63, 3.8) is 0 Å². The smallest absolute Gasteiger partial charge is 0.249 e. The maximum absolute atomic E-state index is 11.8. The zero-order chi connectivity index (χ0) is 12.3. The summed E-state index contributed by atoms with van der Waals surface area (Å²) in [4.78, 5) is 13.7. The van der Waals surface area contributed by atoms with Crippen molar-refractivity contribution in [3.8, 4) is 0 Å². The first-order valence-corrected chi connectivity index (χ1v) is 6.22. The van der Waals surface area contributed by atoms with Gasteiger partial charge in [0.15, 0.2) is 0 Å². The molecule has 0 aromatic heterocycles. The molecule has 3 nitrogen and oxygen atoms in total. The summed E-state index contributed by atoms with van der Waals surface area (Å²) in [6.07, 6.45) is 5.71. The maximum Gasteiger partial charge on any atom is 0.249 e. The Hall–Kier alpha value is -0.780. The van der Waals surface area contributed by atoms with Crippen molar-refractivity contribution in [2.24, 2.45) is 5.92 Å². The van der Waals surface area contributed by atoms with Crippen molar-refractivity contribution >= 4 is 28.5 Å². The summed E-state index contributed by atoms with van der Waals surface area (Å²) in [7, 11) is 3.84. The van der Waals surface area contributed by atoms with E-state index in [1.807, 2.05) is 38.2 Å². The largest absolute Gasteiger partial charge is 0.383 e. The van der Waals surface area contributed by atoms with E-state index in [2.05, 4.69) is 34.5 Å². The zero-order valence-corrected chi connectivity index (χ0v) is 12.0. The van der Waals surface area contributed by atoms with Crippen LogP contribution >= 0.6 is 22.6 Å². The van der Waals surface area contributed by atoms with E-state index < -0.39 is 0 Å². The van der Waals surface area contributed by atoms with Crippen molar-refractivity contribution in [1.29, 1.82) is 0 Å². The summed E-state index contributed by atoms with van der Waals surface area (Å²) in [6, 6.07) is 0.00167. The van der Waals surface area contributed by atoms with Gasteiger partial charge in [-0.2, -0.15) is 0 Å². The van der Waals surface area contributed by atoms with Crippen LogP contribution in [0.5, 0.6) is 0 Å². The highest BCUT2D eigenvalue weighted by Crippen LogP contribution is 2.34. The van der Waals surface area contributed by atoms with Gasteiger partial charge in [0.1, 0.15) is 0 Å². The van der Waals surface area contributed by atoms with Crippen LogP contribution in [0.2, 0.25) is 0 Å². The van der Waals surface area contributed by atoms with Crippen LogP contribution < -0.4 is 5.32 Å². The van der Waals surface area contributed by atoms with Gasteiger partial charge in [-0.05, 0) is 33.1 Å². The molecule has 1 amide bonds. The second kappa shape index (κ2) is 5.52. The zero-order valence-electron chi connectivity index (χ0n) is 9.83. The summed E-state index contributed by atoms with van der Waals surface area (Å²) >= 11 is 2.28. The van der Waals surface area contributed by atoms with Gasteiger partial charge >= 0.3 is 0 Å². The van der Waals surface area contributed by atoms with Crippen LogP contribution in [0.3, 0.4) is 0 Å². The first-order valence-electron chi connectivity index (χ1n) is 5.14. The normalized spacial score (nSPS) is 28.1. The van der Waals surface area contributed by atoms with Crippen molar-refractivity contribution in [3.05, 3.63) is 34.1 Å². The lowest BCUT2D eigenvalue weighted by Gasteiger charge is -2.16. The lowest BCUT2D eigenvalue weighted by molar-refractivity contribution is -0.116. The Labute approximate surface area is 110 Å². The van der Waals surface area contributed by atoms with Crippen LogP contribution in [0.1, 0.15) is 6.92 Å². The fourth-order valence-corrected chi connectivity index (χ4v) is 2.49. The molecule has 16 heavy (non-hydrogen) atoms. The van der Waals surface area contributed by atoms with E-state index in [4.69, 9.17) is 0 Å². The first kappa shape index (κ1) is 13.3. The molecule has 4 heteroatoms. The molecule has 1 aliphatic heterocycles. The van der Waals surface area contributed by atoms with Crippen LogP contribution in [-0.2, 0) is 4.79 Å². The molecule has 1 fully saturated rings. The third kappa shape index (κ3) is 2.66. The summed E-state index contributed by atoms with van der Waals surface area (Å²) in [6.45, 7) is 5.76. The molecule has 0 bridgehead atoms. The Kier molecular flexibility index (Phi) is 4.58. The number of rotatable bonds is 3. The predicted octanol–water partition coefficient (Wildman–Crippen LogP) is 2.07. The minimum absolute atomic E-state index is 0.000356. The minimum Gasteiger partial charge on any atom is -0.383 e. The van der Waals surface area contributed by atoms with Gasteiger partial charge in [-0.25, -0.2) is 0 Å². The van der Waals surface area contributed by atoms with Gasteiger partial charge in [-0.3, -0.25) is 4.79 Å². The van der Waals surface area contributed by atoms with Crippen LogP contribution in [-0.4, -0.2) is 30.9 Å². The highest BCUT2D eigenvalue weighted by atomic mass is 127. The second-order valence-corrected chi connectivity index (χ2v) is 5.18. The molecule has 0 radical (unpaired) electrons. The Morgan fingerprint density at radius 1 is 1.56 bits per heavy atom. The minimum atomic E-state index is -0.000356. The van der Waals surface area contributed by atoms with Gasteiger partial charge in [0.05, 0.1) is 6.04 Å². The highest BCUT2D eigenvalue weighted by Gasteiger charge is 2.37. The van der Waals surface area contributed by atoms with Crippen molar-refractivity contribution in [1.82, 2.24) is 10.2 Å². The molecular formula is C12H17IN2O. The van der Waals surface area contributed by atoms with E-state index in [0.717, 1.165) is 9.15 Å². The van der Waals surface area contributed by atoms with E-state index in [1.54, 1.807) is 6.08 Å². The Morgan fingerprint density at radius 3 is 2.62 bits per heavy atom. The molecule has 1 saturated heterocycles. The molecule has 1 rings (SSSR count).